The number of ether oxygens (including phenoxy) is 1. The summed E-state index contributed by atoms with van der Waals surface area (Å²) in [7, 11) is 3.29. The lowest BCUT2D eigenvalue weighted by Crippen LogP contribution is -2.33. The summed E-state index contributed by atoms with van der Waals surface area (Å²) >= 11 is 0. The van der Waals surface area contributed by atoms with Crippen LogP contribution in [0, 0.1) is 0 Å². The van der Waals surface area contributed by atoms with Crippen molar-refractivity contribution in [2.45, 2.75) is 44.3 Å². The minimum absolute atomic E-state index is 0.0192. The average molecular weight is 499 g/mol. The minimum atomic E-state index is -0.385. The topological polar surface area (TPSA) is 66.0 Å². The van der Waals surface area contributed by atoms with Crippen LogP contribution in [0.3, 0.4) is 0 Å². The standard InChI is InChI=1S/C31H38N4O2/c1-5-23(10-19-28(36)37-4)9-8-22(2)31-33-29(24-11-15-26(32-3)16-12-24)30(34-31)25-13-17-27(18-14-25)35-20-6-7-21-35/h5,8-17,19,27,29-30,32H,2,6-7,18,20-21H2,1,3-4H3,(H,33,34)/b9-8-,19-10+,23-5+. The smallest absolute Gasteiger partial charge is 0.330 e. The van der Waals surface area contributed by atoms with Gasteiger partial charge in [0, 0.05) is 30.4 Å². The van der Waals surface area contributed by atoms with E-state index < -0.39 is 0 Å². The van der Waals surface area contributed by atoms with E-state index in [4.69, 9.17) is 4.99 Å². The van der Waals surface area contributed by atoms with Gasteiger partial charge in [-0.15, -0.1) is 0 Å². The zero-order valence-electron chi connectivity index (χ0n) is 22.1. The van der Waals surface area contributed by atoms with Crippen molar-refractivity contribution in [2.75, 3.05) is 32.6 Å². The van der Waals surface area contributed by atoms with Gasteiger partial charge in [-0.2, -0.15) is 0 Å². The van der Waals surface area contributed by atoms with Crippen LogP contribution in [0.5, 0.6) is 0 Å². The molecule has 6 nitrogen and oxygen atoms in total. The Labute approximate surface area is 220 Å². The van der Waals surface area contributed by atoms with E-state index in [0.29, 0.717) is 6.04 Å². The van der Waals surface area contributed by atoms with Crippen molar-refractivity contribution in [1.82, 2.24) is 10.2 Å². The third-order valence-corrected chi connectivity index (χ3v) is 7.22. The monoisotopic (exact) mass is 498 g/mol. The molecule has 0 bridgehead atoms. The predicted octanol–water partition coefficient (Wildman–Crippen LogP) is 5.28. The molecule has 0 aromatic heterocycles. The van der Waals surface area contributed by atoms with Crippen LogP contribution in [0.25, 0.3) is 0 Å². The van der Waals surface area contributed by atoms with Crippen molar-refractivity contribution in [2.24, 2.45) is 4.99 Å². The molecule has 1 fully saturated rings. The Morgan fingerprint density at radius 1 is 1.16 bits per heavy atom. The van der Waals surface area contributed by atoms with Gasteiger partial charge in [0.2, 0.25) is 0 Å². The van der Waals surface area contributed by atoms with Gasteiger partial charge >= 0.3 is 5.97 Å². The van der Waals surface area contributed by atoms with Crippen molar-refractivity contribution < 1.29 is 9.53 Å². The Kier molecular flexibility index (Phi) is 8.96. The number of amidine groups is 1. The van der Waals surface area contributed by atoms with Gasteiger partial charge in [-0.05, 0) is 74.2 Å². The first-order valence-corrected chi connectivity index (χ1v) is 13.1. The summed E-state index contributed by atoms with van der Waals surface area (Å²) in [6.45, 7) is 8.59. The molecule has 1 aromatic carbocycles. The number of nitrogens with one attached hydrogen (secondary N) is 2. The molecule has 1 saturated heterocycles. The fourth-order valence-corrected chi connectivity index (χ4v) is 4.99. The predicted molar refractivity (Wildman–Crippen MR) is 153 cm³/mol. The largest absolute Gasteiger partial charge is 0.466 e. The average Bonchev–Trinajstić information content (AvgIpc) is 3.64. The van der Waals surface area contributed by atoms with E-state index in [1.54, 1.807) is 6.08 Å². The van der Waals surface area contributed by atoms with Gasteiger partial charge in [0.25, 0.3) is 0 Å². The number of esters is 1. The van der Waals surface area contributed by atoms with Gasteiger partial charge in [0.15, 0.2) is 0 Å². The summed E-state index contributed by atoms with van der Waals surface area (Å²) in [5, 5.41) is 6.83. The van der Waals surface area contributed by atoms with Gasteiger partial charge < -0.3 is 15.4 Å². The number of likely N-dealkylation sites (tertiary alicyclic amines) is 1. The molecule has 4 rings (SSSR count). The maximum atomic E-state index is 11.4. The molecule has 1 aliphatic carbocycles. The summed E-state index contributed by atoms with van der Waals surface area (Å²) in [4.78, 5) is 19.2. The Morgan fingerprint density at radius 2 is 1.89 bits per heavy atom. The molecule has 194 valence electrons. The summed E-state index contributed by atoms with van der Waals surface area (Å²) in [6, 6.07) is 8.99. The fourth-order valence-electron chi connectivity index (χ4n) is 4.99. The van der Waals surface area contributed by atoms with Crippen LogP contribution in [-0.4, -0.2) is 56.0 Å². The lowest BCUT2D eigenvalue weighted by Gasteiger charge is -2.28. The molecule has 6 heteroatoms. The van der Waals surface area contributed by atoms with Gasteiger partial charge in [0.05, 0.1) is 13.2 Å². The van der Waals surface area contributed by atoms with Crippen LogP contribution in [0.1, 0.15) is 37.8 Å². The Morgan fingerprint density at radius 3 is 2.51 bits per heavy atom. The van der Waals surface area contributed by atoms with Crippen LogP contribution < -0.4 is 10.6 Å². The number of rotatable bonds is 9. The molecule has 0 spiro atoms. The van der Waals surface area contributed by atoms with Crippen LogP contribution >= 0.6 is 0 Å². The molecular weight excluding hydrogens is 460 g/mol. The zero-order chi connectivity index (χ0) is 26.2. The van der Waals surface area contributed by atoms with Crippen LogP contribution in [0.2, 0.25) is 0 Å². The van der Waals surface area contributed by atoms with Gasteiger partial charge in [-0.3, -0.25) is 9.89 Å². The molecule has 0 amide bonds. The quantitative estimate of drug-likeness (QED) is 0.276. The normalized spacial score (nSPS) is 24.3. The number of allylic oxidation sites excluding steroid dienone is 4. The van der Waals surface area contributed by atoms with E-state index >= 15 is 0 Å². The second-order valence-electron chi connectivity index (χ2n) is 9.53. The number of nitrogens with zero attached hydrogens (tertiary/aromatic N) is 2. The van der Waals surface area contributed by atoms with Crippen molar-refractivity contribution in [3.63, 3.8) is 0 Å². The second-order valence-corrected chi connectivity index (χ2v) is 9.53. The highest BCUT2D eigenvalue weighted by Gasteiger charge is 2.33. The zero-order valence-corrected chi connectivity index (χ0v) is 22.1. The maximum Gasteiger partial charge on any atom is 0.330 e. The Balaban J connectivity index is 1.54. The van der Waals surface area contributed by atoms with Gasteiger partial charge in [0.1, 0.15) is 11.9 Å². The fraction of sp³-hybridized carbons (Fsp3) is 0.355. The van der Waals surface area contributed by atoms with Crippen molar-refractivity contribution in [1.29, 1.82) is 0 Å². The van der Waals surface area contributed by atoms with Crippen LogP contribution in [0.4, 0.5) is 5.69 Å². The van der Waals surface area contributed by atoms with E-state index in [0.717, 1.165) is 29.1 Å². The molecule has 37 heavy (non-hydrogen) atoms. The first-order chi connectivity index (χ1) is 18.0. The van der Waals surface area contributed by atoms with Crippen LogP contribution in [0.15, 0.2) is 101 Å². The number of carbonyl (C=O) groups is 1. The van der Waals surface area contributed by atoms with E-state index in [1.165, 1.54) is 50.3 Å². The summed E-state index contributed by atoms with van der Waals surface area (Å²) in [5.41, 5.74) is 5.18. The van der Waals surface area contributed by atoms with Gasteiger partial charge in [-0.25, -0.2) is 4.79 Å². The highest BCUT2D eigenvalue weighted by Crippen LogP contribution is 2.34. The van der Waals surface area contributed by atoms with Crippen molar-refractivity contribution in [3.05, 3.63) is 102 Å². The van der Waals surface area contributed by atoms with Crippen molar-refractivity contribution in [3.8, 4) is 0 Å². The maximum absolute atomic E-state index is 11.4. The molecule has 2 heterocycles. The number of anilines is 1. The lowest BCUT2D eigenvalue weighted by molar-refractivity contribution is -0.134. The van der Waals surface area contributed by atoms with E-state index in [2.05, 4.69) is 69.3 Å². The molecule has 2 aliphatic heterocycles. The number of aliphatic imine (C=N–C) groups is 1. The molecule has 2 N–H and O–H groups in total. The highest BCUT2D eigenvalue weighted by molar-refractivity contribution is 6.02. The summed E-state index contributed by atoms with van der Waals surface area (Å²) < 4.78 is 4.68. The van der Waals surface area contributed by atoms with Crippen molar-refractivity contribution >= 4 is 17.5 Å². The number of methoxy groups -OCH3 is 1. The molecule has 3 atom stereocenters. The Bertz CT molecular complexity index is 1160. The van der Waals surface area contributed by atoms with E-state index in [1.807, 2.05) is 32.2 Å². The SMILES string of the molecule is C=C(\C=C/C(/C=C/C(=O)OC)=C\C)C1=NC(C2=CCC(N3CCCC3)C=C2)C(c2ccc(NC)cc2)N1. The molecule has 0 saturated carbocycles. The highest BCUT2D eigenvalue weighted by atomic mass is 16.5. The molecular formula is C31H38N4O2. The van der Waals surface area contributed by atoms with E-state index in [-0.39, 0.29) is 18.1 Å². The number of carbonyl (C=O) groups excluding carboxylic acids is 1. The molecule has 3 aliphatic rings. The summed E-state index contributed by atoms with van der Waals surface area (Å²) in [5.74, 6) is 0.400. The van der Waals surface area contributed by atoms with Gasteiger partial charge in [-0.1, -0.05) is 55.2 Å². The number of benzene rings is 1. The summed E-state index contributed by atoms with van der Waals surface area (Å²) in [6.07, 6.45) is 19.5. The first-order valence-electron chi connectivity index (χ1n) is 13.1. The molecule has 3 unspecified atom stereocenters. The molecule has 1 aromatic rings. The van der Waals surface area contributed by atoms with Crippen LogP contribution in [-0.2, 0) is 9.53 Å². The third-order valence-electron chi connectivity index (χ3n) is 7.22. The number of hydrogen-bond donors (Lipinski definition) is 2. The number of hydrogen-bond acceptors (Lipinski definition) is 6. The molecule has 0 radical (unpaired) electrons. The third kappa shape index (κ3) is 6.57. The minimum Gasteiger partial charge on any atom is -0.466 e. The second kappa shape index (κ2) is 12.5. The lowest BCUT2D eigenvalue weighted by atomic mass is 9.90. The Hall–Kier alpha value is -3.64. The first kappa shape index (κ1) is 26.4. The van der Waals surface area contributed by atoms with E-state index in [9.17, 15) is 4.79 Å².